The number of likely N-dealkylation sites (tertiary alicyclic amines) is 1. The normalized spacial score (nSPS) is 16.8. The lowest BCUT2D eigenvalue weighted by Gasteiger charge is -2.33. The highest BCUT2D eigenvalue weighted by Gasteiger charge is 2.20. The van der Waals surface area contributed by atoms with Crippen LogP contribution in [0.25, 0.3) is 0 Å². The van der Waals surface area contributed by atoms with Crippen molar-refractivity contribution in [1.82, 2.24) is 25.8 Å². The maximum absolute atomic E-state index is 4.42. The van der Waals surface area contributed by atoms with Gasteiger partial charge in [-0.05, 0) is 45.7 Å². The van der Waals surface area contributed by atoms with Gasteiger partial charge < -0.3 is 16.0 Å². The van der Waals surface area contributed by atoms with Crippen LogP contribution < -0.4 is 16.0 Å². The SMILES string of the molecule is CN=C(NCCNC(C)(C)C)NC1CCN(Cc2ccccn2)CC1.I. The second-order valence-electron chi connectivity index (χ2n) is 7.69. The number of pyridine rings is 1. The Morgan fingerprint density at radius 1 is 1.23 bits per heavy atom. The van der Waals surface area contributed by atoms with Crippen molar-refractivity contribution in [1.29, 1.82) is 0 Å². The summed E-state index contributed by atoms with van der Waals surface area (Å²) >= 11 is 0. The molecule has 1 aliphatic rings. The fourth-order valence-corrected chi connectivity index (χ4v) is 2.96. The standard InChI is InChI=1S/C19H34N6.HI/c1-19(2,3)23-12-11-22-18(20-4)24-16-8-13-25(14-9-16)15-17-7-5-6-10-21-17;/h5-7,10,16,23H,8-9,11-15H2,1-4H3,(H2,20,22,24);1H. The number of aliphatic imine (C=N–C) groups is 1. The zero-order chi connectivity index (χ0) is 18.1. The van der Waals surface area contributed by atoms with E-state index in [0.717, 1.165) is 57.2 Å². The average molecular weight is 474 g/mol. The summed E-state index contributed by atoms with van der Waals surface area (Å²) in [5, 5.41) is 10.4. The third-order valence-electron chi connectivity index (χ3n) is 4.34. The molecule has 1 saturated heterocycles. The monoisotopic (exact) mass is 474 g/mol. The first-order valence-corrected chi connectivity index (χ1v) is 9.31. The zero-order valence-electron chi connectivity index (χ0n) is 16.6. The van der Waals surface area contributed by atoms with Gasteiger partial charge >= 0.3 is 0 Å². The first-order valence-electron chi connectivity index (χ1n) is 9.31. The van der Waals surface area contributed by atoms with Gasteiger partial charge in [-0.25, -0.2) is 0 Å². The number of hydrogen-bond donors (Lipinski definition) is 3. The summed E-state index contributed by atoms with van der Waals surface area (Å²) in [6.45, 7) is 11.5. The molecule has 0 radical (unpaired) electrons. The number of rotatable bonds is 6. The minimum atomic E-state index is 0. The highest BCUT2D eigenvalue weighted by atomic mass is 127. The van der Waals surface area contributed by atoms with Crippen molar-refractivity contribution in [2.45, 2.75) is 51.7 Å². The quantitative estimate of drug-likeness (QED) is 0.256. The molecule has 0 aliphatic carbocycles. The van der Waals surface area contributed by atoms with Gasteiger partial charge in [0.1, 0.15) is 0 Å². The molecule has 0 bridgehead atoms. The van der Waals surface area contributed by atoms with Crippen LogP contribution in [-0.4, -0.2) is 60.7 Å². The molecule has 2 rings (SSSR count). The van der Waals surface area contributed by atoms with Crippen LogP contribution in [0.1, 0.15) is 39.3 Å². The first-order chi connectivity index (χ1) is 12.0. The lowest BCUT2D eigenvalue weighted by Crippen LogP contribution is -2.50. The van der Waals surface area contributed by atoms with Gasteiger partial charge in [0.05, 0.1) is 5.69 Å². The van der Waals surface area contributed by atoms with E-state index in [-0.39, 0.29) is 29.5 Å². The van der Waals surface area contributed by atoms with Crippen molar-refractivity contribution < 1.29 is 0 Å². The molecular weight excluding hydrogens is 439 g/mol. The topological polar surface area (TPSA) is 64.6 Å². The van der Waals surface area contributed by atoms with Gasteiger partial charge in [0.25, 0.3) is 0 Å². The average Bonchev–Trinajstić information content (AvgIpc) is 2.59. The van der Waals surface area contributed by atoms with Crippen molar-refractivity contribution in [3.8, 4) is 0 Å². The van der Waals surface area contributed by atoms with Crippen LogP contribution in [0.5, 0.6) is 0 Å². The van der Waals surface area contributed by atoms with Crippen molar-refractivity contribution in [3.63, 3.8) is 0 Å². The molecule has 0 amide bonds. The molecule has 7 heteroatoms. The fraction of sp³-hybridized carbons (Fsp3) is 0.684. The Kier molecular flexibility index (Phi) is 10.4. The number of nitrogens with zero attached hydrogens (tertiary/aromatic N) is 3. The number of guanidine groups is 1. The highest BCUT2D eigenvalue weighted by Crippen LogP contribution is 2.12. The summed E-state index contributed by atoms with van der Waals surface area (Å²) in [5.41, 5.74) is 1.30. The molecule has 1 fully saturated rings. The van der Waals surface area contributed by atoms with Gasteiger partial charge in [0.2, 0.25) is 0 Å². The van der Waals surface area contributed by atoms with Crippen molar-refractivity contribution in [2.24, 2.45) is 4.99 Å². The van der Waals surface area contributed by atoms with Gasteiger partial charge in [-0.15, -0.1) is 24.0 Å². The number of halogens is 1. The Balaban J connectivity index is 0.00000338. The van der Waals surface area contributed by atoms with Gasteiger partial charge in [-0.3, -0.25) is 14.9 Å². The van der Waals surface area contributed by atoms with E-state index in [1.807, 2.05) is 19.3 Å². The van der Waals surface area contributed by atoms with Crippen molar-refractivity contribution >= 4 is 29.9 Å². The summed E-state index contributed by atoms with van der Waals surface area (Å²) in [7, 11) is 1.84. The van der Waals surface area contributed by atoms with Gasteiger partial charge in [0.15, 0.2) is 5.96 Å². The predicted molar refractivity (Wildman–Crippen MR) is 120 cm³/mol. The lowest BCUT2D eigenvalue weighted by molar-refractivity contribution is 0.196. The smallest absolute Gasteiger partial charge is 0.191 e. The number of aromatic nitrogens is 1. The number of piperidine rings is 1. The van der Waals surface area contributed by atoms with Crippen LogP contribution in [0.15, 0.2) is 29.4 Å². The Bertz CT molecular complexity index is 521. The van der Waals surface area contributed by atoms with E-state index in [1.165, 1.54) is 0 Å². The van der Waals surface area contributed by atoms with E-state index < -0.39 is 0 Å². The molecule has 6 nitrogen and oxygen atoms in total. The molecule has 0 atom stereocenters. The summed E-state index contributed by atoms with van der Waals surface area (Å²) < 4.78 is 0. The van der Waals surface area contributed by atoms with E-state index in [9.17, 15) is 0 Å². The number of nitrogens with one attached hydrogen (secondary N) is 3. The molecule has 0 unspecified atom stereocenters. The summed E-state index contributed by atoms with van der Waals surface area (Å²) in [5.74, 6) is 0.902. The summed E-state index contributed by atoms with van der Waals surface area (Å²) in [6, 6.07) is 6.61. The summed E-state index contributed by atoms with van der Waals surface area (Å²) in [4.78, 5) is 11.2. The maximum atomic E-state index is 4.42. The van der Waals surface area contributed by atoms with E-state index in [2.05, 4.69) is 63.7 Å². The maximum Gasteiger partial charge on any atom is 0.191 e. The molecule has 1 aromatic rings. The van der Waals surface area contributed by atoms with Crippen LogP contribution in [0.3, 0.4) is 0 Å². The van der Waals surface area contributed by atoms with Crippen LogP contribution in [-0.2, 0) is 6.54 Å². The number of hydrogen-bond acceptors (Lipinski definition) is 4. The highest BCUT2D eigenvalue weighted by molar-refractivity contribution is 14.0. The third-order valence-corrected chi connectivity index (χ3v) is 4.34. The van der Waals surface area contributed by atoms with E-state index in [1.54, 1.807) is 0 Å². The van der Waals surface area contributed by atoms with Crippen molar-refractivity contribution in [3.05, 3.63) is 30.1 Å². The molecular formula is C19H35IN6. The van der Waals surface area contributed by atoms with Gasteiger partial charge in [-0.1, -0.05) is 6.07 Å². The minimum absolute atomic E-state index is 0. The van der Waals surface area contributed by atoms with Crippen LogP contribution in [0, 0.1) is 0 Å². The lowest BCUT2D eigenvalue weighted by atomic mass is 10.0. The third kappa shape index (κ3) is 9.14. The second kappa shape index (κ2) is 11.7. The predicted octanol–water partition coefficient (Wildman–Crippen LogP) is 2.22. The van der Waals surface area contributed by atoms with Crippen LogP contribution >= 0.6 is 24.0 Å². The molecule has 0 aromatic carbocycles. The van der Waals surface area contributed by atoms with Gasteiger partial charge in [-0.2, -0.15) is 0 Å². The molecule has 2 heterocycles. The molecule has 0 spiro atoms. The van der Waals surface area contributed by atoms with Crippen LogP contribution in [0.2, 0.25) is 0 Å². The molecule has 1 aliphatic heterocycles. The molecule has 0 saturated carbocycles. The molecule has 148 valence electrons. The van der Waals surface area contributed by atoms with Gasteiger partial charge in [0, 0.05) is 57.5 Å². The zero-order valence-corrected chi connectivity index (χ0v) is 18.9. The first kappa shape index (κ1) is 23.1. The summed E-state index contributed by atoms with van der Waals surface area (Å²) in [6.07, 6.45) is 4.13. The fourth-order valence-electron chi connectivity index (χ4n) is 2.96. The van der Waals surface area contributed by atoms with E-state index >= 15 is 0 Å². The Labute approximate surface area is 175 Å². The molecule has 3 N–H and O–H groups in total. The Morgan fingerprint density at radius 2 is 1.96 bits per heavy atom. The van der Waals surface area contributed by atoms with Crippen molar-refractivity contribution in [2.75, 3.05) is 33.2 Å². The largest absolute Gasteiger partial charge is 0.355 e. The molecule has 1 aromatic heterocycles. The Hall–Kier alpha value is -0.930. The van der Waals surface area contributed by atoms with Crippen LogP contribution in [0.4, 0.5) is 0 Å². The van der Waals surface area contributed by atoms with E-state index in [4.69, 9.17) is 0 Å². The Morgan fingerprint density at radius 3 is 2.54 bits per heavy atom. The molecule has 26 heavy (non-hydrogen) atoms. The minimum Gasteiger partial charge on any atom is -0.355 e. The van der Waals surface area contributed by atoms with E-state index in [0.29, 0.717) is 6.04 Å². The second-order valence-corrected chi connectivity index (χ2v) is 7.69.